The molecule has 0 amide bonds. The molecule has 0 spiro atoms. The van der Waals surface area contributed by atoms with Crippen LogP contribution in [0.5, 0.6) is 5.75 Å². The number of nitrogen functional groups attached to an aromatic ring is 1. The van der Waals surface area contributed by atoms with Gasteiger partial charge < -0.3 is 15.5 Å². The maximum atomic E-state index is 5.62. The number of aromatic nitrogens is 3. The summed E-state index contributed by atoms with van der Waals surface area (Å²) in [6, 6.07) is 9.56. The lowest BCUT2D eigenvalue weighted by Crippen LogP contribution is -1.87. The van der Waals surface area contributed by atoms with E-state index in [4.69, 9.17) is 10.5 Å². The van der Waals surface area contributed by atoms with E-state index in [1.54, 1.807) is 13.3 Å². The first-order chi connectivity index (χ1) is 8.76. The molecule has 7 heteroatoms. The lowest BCUT2D eigenvalue weighted by molar-refractivity contribution is 0.414. The molecule has 0 saturated heterocycles. The number of imidazole rings is 1. The predicted molar refractivity (Wildman–Crippen MR) is 84.8 cm³/mol. The molecule has 0 fully saturated rings. The first-order valence-electron chi connectivity index (χ1n) is 5.52. The number of rotatable bonds is 2. The summed E-state index contributed by atoms with van der Waals surface area (Å²) in [5, 5.41) is 0. The summed E-state index contributed by atoms with van der Waals surface area (Å²) in [6.07, 6.45) is 1.72. The molecule has 0 aliphatic heterocycles. The summed E-state index contributed by atoms with van der Waals surface area (Å²) < 4.78 is 5.19. The van der Waals surface area contributed by atoms with Gasteiger partial charge in [0, 0.05) is 17.8 Å². The molecule has 2 aromatic heterocycles. The average molecular weight is 313 g/mol. The molecule has 3 rings (SSSR count). The summed E-state index contributed by atoms with van der Waals surface area (Å²) >= 11 is 0. The largest absolute Gasteiger partial charge is 0.497 e. The molecule has 0 bridgehead atoms. The molecule has 2 heterocycles. The monoisotopic (exact) mass is 312 g/mol. The van der Waals surface area contributed by atoms with Gasteiger partial charge in [0.05, 0.1) is 23.8 Å². The first-order valence-corrected chi connectivity index (χ1v) is 5.52. The lowest BCUT2D eigenvalue weighted by Gasteiger charge is -2.03. The van der Waals surface area contributed by atoms with Gasteiger partial charge in [0.2, 0.25) is 0 Å². The zero-order valence-corrected chi connectivity index (χ0v) is 12.3. The number of H-pyrrole nitrogens is 1. The number of nitrogens with two attached hydrogens (primary N) is 1. The molecule has 3 aromatic rings. The molecule has 20 heavy (non-hydrogen) atoms. The minimum atomic E-state index is 0. The Morgan fingerprint density at radius 1 is 1.15 bits per heavy atom. The second-order valence-electron chi connectivity index (χ2n) is 3.93. The Labute approximate surface area is 128 Å². The van der Waals surface area contributed by atoms with Crippen molar-refractivity contribution in [2.45, 2.75) is 0 Å². The van der Waals surface area contributed by atoms with E-state index < -0.39 is 0 Å². The fraction of sp³-hybridized carbons (Fsp3) is 0.0769. The summed E-state index contributed by atoms with van der Waals surface area (Å²) in [6.45, 7) is 0. The third kappa shape index (κ3) is 2.95. The molecule has 1 aromatic carbocycles. The van der Waals surface area contributed by atoms with Crippen molar-refractivity contribution >= 4 is 41.8 Å². The summed E-state index contributed by atoms with van der Waals surface area (Å²) in [4.78, 5) is 11.5. The van der Waals surface area contributed by atoms with E-state index in [0.29, 0.717) is 5.95 Å². The van der Waals surface area contributed by atoms with Crippen LogP contribution in [0, 0.1) is 0 Å². The number of hydrogen-bond donors (Lipinski definition) is 2. The van der Waals surface area contributed by atoms with Gasteiger partial charge in [-0.05, 0) is 18.2 Å². The standard InChI is InChI=1S/C13H12N4O.2ClH/c1-18-9-4-5-15-11(7-9)8-2-3-10-12(6-8)17-13(14)16-10;;/h2-7H,1H3,(H3,14,16,17);2*1H. The van der Waals surface area contributed by atoms with Gasteiger partial charge in [0.15, 0.2) is 5.95 Å². The van der Waals surface area contributed by atoms with Crippen LogP contribution >= 0.6 is 24.8 Å². The molecule has 3 N–H and O–H groups in total. The molecule has 0 unspecified atom stereocenters. The highest BCUT2D eigenvalue weighted by Crippen LogP contribution is 2.24. The van der Waals surface area contributed by atoms with E-state index in [0.717, 1.165) is 28.0 Å². The Kier molecular flexibility index (Phi) is 5.19. The third-order valence-corrected chi connectivity index (χ3v) is 2.76. The van der Waals surface area contributed by atoms with E-state index in [1.807, 2.05) is 30.3 Å². The number of aromatic amines is 1. The average Bonchev–Trinajstić information content (AvgIpc) is 2.77. The molecular formula is C13H14Cl2N4O. The topological polar surface area (TPSA) is 76.8 Å². The SMILES string of the molecule is COc1ccnc(-c2ccc3nc(N)[nH]c3c2)c1.Cl.Cl. The number of pyridine rings is 1. The number of ether oxygens (including phenoxy) is 1. The Balaban J connectivity index is 0.000001000. The molecule has 106 valence electrons. The van der Waals surface area contributed by atoms with Crippen LogP contribution in [-0.2, 0) is 0 Å². The molecule has 0 aliphatic rings. The van der Waals surface area contributed by atoms with Crippen molar-refractivity contribution in [2.75, 3.05) is 12.8 Å². The van der Waals surface area contributed by atoms with Crippen molar-refractivity contribution in [1.82, 2.24) is 15.0 Å². The number of benzene rings is 1. The molecule has 0 radical (unpaired) electrons. The number of nitrogens with one attached hydrogen (secondary N) is 1. The Morgan fingerprint density at radius 2 is 1.95 bits per heavy atom. The van der Waals surface area contributed by atoms with Gasteiger partial charge in [0.1, 0.15) is 5.75 Å². The number of nitrogens with zero attached hydrogens (tertiary/aromatic N) is 2. The number of fused-ring (bicyclic) bond motifs is 1. The van der Waals surface area contributed by atoms with Crippen LogP contribution in [0.25, 0.3) is 22.3 Å². The Morgan fingerprint density at radius 3 is 2.70 bits per heavy atom. The van der Waals surface area contributed by atoms with Crippen LogP contribution in [0.15, 0.2) is 36.5 Å². The van der Waals surface area contributed by atoms with E-state index in [9.17, 15) is 0 Å². The van der Waals surface area contributed by atoms with Crippen molar-refractivity contribution in [3.8, 4) is 17.0 Å². The van der Waals surface area contributed by atoms with Gasteiger partial charge in [0.25, 0.3) is 0 Å². The quantitative estimate of drug-likeness (QED) is 0.762. The van der Waals surface area contributed by atoms with Gasteiger partial charge in [-0.15, -0.1) is 24.8 Å². The van der Waals surface area contributed by atoms with E-state index in [-0.39, 0.29) is 24.8 Å². The first kappa shape index (κ1) is 16.1. The van der Waals surface area contributed by atoms with Crippen molar-refractivity contribution in [3.05, 3.63) is 36.5 Å². The lowest BCUT2D eigenvalue weighted by atomic mass is 10.1. The molecule has 0 saturated carbocycles. The second kappa shape index (κ2) is 6.45. The fourth-order valence-corrected chi connectivity index (χ4v) is 1.88. The van der Waals surface area contributed by atoms with Crippen LogP contribution in [0.1, 0.15) is 0 Å². The number of hydrogen-bond acceptors (Lipinski definition) is 4. The van der Waals surface area contributed by atoms with E-state index in [1.165, 1.54) is 0 Å². The van der Waals surface area contributed by atoms with Gasteiger partial charge in [-0.1, -0.05) is 6.07 Å². The fourth-order valence-electron chi connectivity index (χ4n) is 1.88. The van der Waals surface area contributed by atoms with E-state index >= 15 is 0 Å². The number of anilines is 1. The highest BCUT2D eigenvalue weighted by Gasteiger charge is 2.05. The summed E-state index contributed by atoms with van der Waals surface area (Å²) in [7, 11) is 1.64. The molecule has 5 nitrogen and oxygen atoms in total. The highest BCUT2D eigenvalue weighted by molar-refractivity contribution is 5.85. The van der Waals surface area contributed by atoms with Crippen LogP contribution in [0.4, 0.5) is 5.95 Å². The van der Waals surface area contributed by atoms with Crippen molar-refractivity contribution in [2.24, 2.45) is 0 Å². The van der Waals surface area contributed by atoms with Crippen molar-refractivity contribution in [1.29, 1.82) is 0 Å². The van der Waals surface area contributed by atoms with Crippen LogP contribution in [0.2, 0.25) is 0 Å². The second-order valence-corrected chi connectivity index (χ2v) is 3.93. The zero-order valence-electron chi connectivity index (χ0n) is 10.7. The van der Waals surface area contributed by atoms with Crippen molar-refractivity contribution < 1.29 is 4.74 Å². The minimum absolute atomic E-state index is 0. The summed E-state index contributed by atoms with van der Waals surface area (Å²) in [5.74, 6) is 1.20. The van der Waals surface area contributed by atoms with Gasteiger partial charge in [-0.3, -0.25) is 4.98 Å². The zero-order chi connectivity index (χ0) is 12.5. The number of halogens is 2. The third-order valence-electron chi connectivity index (χ3n) is 2.76. The number of methoxy groups -OCH3 is 1. The molecule has 0 atom stereocenters. The van der Waals surface area contributed by atoms with Gasteiger partial charge in [-0.25, -0.2) is 4.98 Å². The Bertz CT molecular complexity index is 714. The smallest absolute Gasteiger partial charge is 0.198 e. The molecular weight excluding hydrogens is 299 g/mol. The maximum absolute atomic E-state index is 5.62. The van der Waals surface area contributed by atoms with E-state index in [2.05, 4.69) is 15.0 Å². The maximum Gasteiger partial charge on any atom is 0.198 e. The van der Waals surface area contributed by atoms with Gasteiger partial charge in [-0.2, -0.15) is 0 Å². The Hall–Kier alpha value is -1.98. The van der Waals surface area contributed by atoms with Crippen LogP contribution in [-0.4, -0.2) is 22.1 Å². The minimum Gasteiger partial charge on any atom is -0.497 e. The van der Waals surface area contributed by atoms with Gasteiger partial charge >= 0.3 is 0 Å². The normalized spacial score (nSPS) is 9.65. The van der Waals surface area contributed by atoms with Crippen LogP contribution in [0.3, 0.4) is 0 Å². The highest BCUT2D eigenvalue weighted by atomic mass is 35.5. The van der Waals surface area contributed by atoms with Crippen LogP contribution < -0.4 is 10.5 Å². The predicted octanol–water partition coefficient (Wildman–Crippen LogP) is 3.06. The molecule has 0 aliphatic carbocycles. The van der Waals surface area contributed by atoms with Crippen molar-refractivity contribution in [3.63, 3.8) is 0 Å². The summed E-state index contributed by atoms with van der Waals surface area (Å²) in [5.41, 5.74) is 9.21.